The average Bonchev–Trinajstić information content (AvgIpc) is 2.33. The third kappa shape index (κ3) is 4.79. The SMILES string of the molecule is CCCCC(CC)CC1NCCCC1C(F)(F)F. The second-order valence-electron chi connectivity index (χ2n) is 5.50. The lowest BCUT2D eigenvalue weighted by Crippen LogP contribution is -2.48. The van der Waals surface area contributed by atoms with Gasteiger partial charge in [0.05, 0.1) is 5.92 Å². The van der Waals surface area contributed by atoms with E-state index in [-0.39, 0.29) is 6.04 Å². The van der Waals surface area contributed by atoms with Crippen molar-refractivity contribution in [1.29, 1.82) is 0 Å². The zero-order valence-corrected chi connectivity index (χ0v) is 11.5. The molecule has 1 saturated heterocycles. The molecule has 18 heavy (non-hydrogen) atoms. The summed E-state index contributed by atoms with van der Waals surface area (Å²) in [6.07, 6.45) is 1.89. The van der Waals surface area contributed by atoms with Crippen LogP contribution in [0.1, 0.15) is 58.8 Å². The van der Waals surface area contributed by atoms with Gasteiger partial charge in [-0.05, 0) is 31.7 Å². The first kappa shape index (κ1) is 15.8. The van der Waals surface area contributed by atoms with E-state index in [1.165, 1.54) is 0 Å². The fraction of sp³-hybridized carbons (Fsp3) is 1.00. The molecule has 3 unspecified atom stereocenters. The quantitative estimate of drug-likeness (QED) is 0.744. The fourth-order valence-corrected chi connectivity index (χ4v) is 2.93. The monoisotopic (exact) mass is 265 g/mol. The normalized spacial score (nSPS) is 27.2. The molecule has 1 aliphatic heterocycles. The zero-order valence-electron chi connectivity index (χ0n) is 11.5. The van der Waals surface area contributed by atoms with Crippen molar-refractivity contribution in [3.8, 4) is 0 Å². The number of halogens is 3. The van der Waals surface area contributed by atoms with E-state index < -0.39 is 12.1 Å². The predicted octanol–water partition coefficient (Wildman–Crippen LogP) is 4.52. The van der Waals surface area contributed by atoms with Crippen LogP contribution in [0, 0.1) is 11.8 Å². The maximum absolute atomic E-state index is 13.0. The number of hydrogen-bond acceptors (Lipinski definition) is 1. The summed E-state index contributed by atoms with van der Waals surface area (Å²) in [7, 11) is 0. The number of rotatable bonds is 6. The van der Waals surface area contributed by atoms with E-state index in [1.807, 2.05) is 0 Å². The van der Waals surface area contributed by atoms with Crippen LogP contribution in [0.15, 0.2) is 0 Å². The molecule has 3 atom stereocenters. The Morgan fingerprint density at radius 3 is 2.56 bits per heavy atom. The summed E-state index contributed by atoms with van der Waals surface area (Å²) in [4.78, 5) is 0. The minimum atomic E-state index is -4.04. The van der Waals surface area contributed by atoms with Gasteiger partial charge in [-0.3, -0.25) is 0 Å². The Balaban J connectivity index is 2.55. The first-order valence-electron chi connectivity index (χ1n) is 7.29. The first-order chi connectivity index (χ1) is 8.49. The van der Waals surface area contributed by atoms with Gasteiger partial charge < -0.3 is 5.32 Å². The van der Waals surface area contributed by atoms with Crippen molar-refractivity contribution in [3.05, 3.63) is 0 Å². The van der Waals surface area contributed by atoms with Crippen molar-refractivity contribution in [2.75, 3.05) is 6.54 Å². The predicted molar refractivity (Wildman–Crippen MR) is 68.5 cm³/mol. The van der Waals surface area contributed by atoms with Crippen molar-refractivity contribution >= 4 is 0 Å². The summed E-state index contributed by atoms with van der Waals surface area (Å²) in [5.74, 6) is -0.702. The van der Waals surface area contributed by atoms with Crippen molar-refractivity contribution in [2.45, 2.75) is 71.0 Å². The van der Waals surface area contributed by atoms with Gasteiger partial charge in [0, 0.05) is 6.04 Å². The van der Waals surface area contributed by atoms with Crippen LogP contribution in [0.5, 0.6) is 0 Å². The van der Waals surface area contributed by atoms with Gasteiger partial charge in [-0.15, -0.1) is 0 Å². The molecule has 0 amide bonds. The summed E-state index contributed by atoms with van der Waals surface area (Å²) in [6.45, 7) is 4.96. The summed E-state index contributed by atoms with van der Waals surface area (Å²) < 4.78 is 38.9. The Morgan fingerprint density at radius 1 is 1.28 bits per heavy atom. The van der Waals surface area contributed by atoms with Crippen LogP contribution >= 0.6 is 0 Å². The molecule has 0 saturated carbocycles. The van der Waals surface area contributed by atoms with Crippen LogP contribution in [0.3, 0.4) is 0 Å². The molecule has 4 heteroatoms. The summed E-state index contributed by atoms with van der Waals surface area (Å²) in [6, 6.07) is -0.361. The van der Waals surface area contributed by atoms with Crippen molar-refractivity contribution < 1.29 is 13.2 Å². The minimum absolute atomic E-state index is 0.297. The number of piperidine rings is 1. The van der Waals surface area contributed by atoms with E-state index in [1.54, 1.807) is 0 Å². The van der Waals surface area contributed by atoms with Crippen LogP contribution in [0.4, 0.5) is 13.2 Å². The third-order valence-electron chi connectivity index (χ3n) is 4.14. The number of alkyl halides is 3. The van der Waals surface area contributed by atoms with Gasteiger partial charge >= 0.3 is 6.18 Å². The second-order valence-corrected chi connectivity index (χ2v) is 5.50. The molecule has 0 aromatic heterocycles. The first-order valence-corrected chi connectivity index (χ1v) is 7.29. The average molecular weight is 265 g/mol. The molecule has 1 nitrogen and oxygen atoms in total. The van der Waals surface area contributed by atoms with E-state index in [0.717, 1.165) is 32.2 Å². The fourth-order valence-electron chi connectivity index (χ4n) is 2.93. The molecule has 0 radical (unpaired) electrons. The van der Waals surface area contributed by atoms with Crippen LogP contribution in [0.25, 0.3) is 0 Å². The van der Waals surface area contributed by atoms with Gasteiger partial charge in [-0.2, -0.15) is 13.2 Å². The number of nitrogens with one attached hydrogen (secondary N) is 1. The molecular weight excluding hydrogens is 239 g/mol. The third-order valence-corrected chi connectivity index (χ3v) is 4.14. The lowest BCUT2D eigenvalue weighted by atomic mass is 9.82. The van der Waals surface area contributed by atoms with Crippen LogP contribution in [-0.2, 0) is 0 Å². The topological polar surface area (TPSA) is 12.0 Å². The van der Waals surface area contributed by atoms with E-state index >= 15 is 0 Å². The summed E-state index contributed by atoms with van der Waals surface area (Å²) in [5.41, 5.74) is 0. The van der Waals surface area contributed by atoms with Crippen molar-refractivity contribution in [2.24, 2.45) is 11.8 Å². The van der Waals surface area contributed by atoms with E-state index in [9.17, 15) is 13.2 Å². The van der Waals surface area contributed by atoms with Crippen molar-refractivity contribution in [3.63, 3.8) is 0 Å². The van der Waals surface area contributed by atoms with Gasteiger partial charge in [0.25, 0.3) is 0 Å². The molecule has 0 aromatic carbocycles. The molecule has 0 bridgehead atoms. The number of hydrogen-bond donors (Lipinski definition) is 1. The maximum atomic E-state index is 13.0. The van der Waals surface area contributed by atoms with Gasteiger partial charge in [0.1, 0.15) is 0 Å². The molecule has 1 fully saturated rings. The molecule has 1 heterocycles. The zero-order chi connectivity index (χ0) is 13.6. The molecule has 0 spiro atoms. The van der Waals surface area contributed by atoms with Crippen LogP contribution in [0.2, 0.25) is 0 Å². The molecule has 0 aromatic rings. The Kier molecular flexibility index (Phi) is 6.47. The highest BCUT2D eigenvalue weighted by molar-refractivity contribution is 4.87. The summed E-state index contributed by atoms with van der Waals surface area (Å²) in [5, 5.41) is 3.10. The standard InChI is InChI=1S/C14H26F3N/c1-3-5-7-11(4-2)10-13-12(14(15,16)17)8-6-9-18-13/h11-13,18H,3-10H2,1-2H3. The second kappa shape index (κ2) is 7.37. The Morgan fingerprint density at radius 2 is 2.00 bits per heavy atom. The van der Waals surface area contributed by atoms with Gasteiger partial charge in [0.15, 0.2) is 0 Å². The van der Waals surface area contributed by atoms with Gasteiger partial charge in [0.2, 0.25) is 0 Å². The molecule has 1 rings (SSSR count). The molecule has 1 aliphatic rings. The van der Waals surface area contributed by atoms with Crippen LogP contribution < -0.4 is 5.32 Å². The highest BCUT2D eigenvalue weighted by Crippen LogP contribution is 2.37. The molecular formula is C14H26F3N. The van der Waals surface area contributed by atoms with Crippen molar-refractivity contribution in [1.82, 2.24) is 5.32 Å². The molecule has 108 valence electrons. The van der Waals surface area contributed by atoms with E-state index in [4.69, 9.17) is 0 Å². The lowest BCUT2D eigenvalue weighted by molar-refractivity contribution is -0.189. The molecule has 0 aliphatic carbocycles. The minimum Gasteiger partial charge on any atom is -0.313 e. The smallest absolute Gasteiger partial charge is 0.313 e. The van der Waals surface area contributed by atoms with E-state index in [2.05, 4.69) is 19.2 Å². The maximum Gasteiger partial charge on any atom is 0.393 e. The largest absolute Gasteiger partial charge is 0.393 e. The van der Waals surface area contributed by atoms with Gasteiger partial charge in [-0.25, -0.2) is 0 Å². The van der Waals surface area contributed by atoms with Gasteiger partial charge in [-0.1, -0.05) is 39.5 Å². The van der Waals surface area contributed by atoms with Crippen LogP contribution in [-0.4, -0.2) is 18.8 Å². The highest BCUT2D eigenvalue weighted by atomic mass is 19.4. The Hall–Kier alpha value is -0.250. The Labute approximate surface area is 109 Å². The summed E-state index contributed by atoms with van der Waals surface area (Å²) >= 11 is 0. The van der Waals surface area contributed by atoms with E-state index in [0.29, 0.717) is 25.2 Å². The number of unbranched alkanes of at least 4 members (excludes halogenated alkanes) is 1. The highest BCUT2D eigenvalue weighted by Gasteiger charge is 2.45. The molecule has 1 N–H and O–H groups in total. The Bertz CT molecular complexity index is 228. The lowest BCUT2D eigenvalue weighted by Gasteiger charge is -2.36.